The van der Waals surface area contributed by atoms with Crippen molar-refractivity contribution in [2.75, 3.05) is 18.0 Å². The Hall–Kier alpha value is -1.91. The summed E-state index contributed by atoms with van der Waals surface area (Å²) in [7, 11) is 0. The predicted molar refractivity (Wildman–Crippen MR) is 73.0 cm³/mol. The van der Waals surface area contributed by atoms with Crippen LogP contribution in [0, 0.1) is 5.92 Å². The summed E-state index contributed by atoms with van der Waals surface area (Å²) < 4.78 is 0. The van der Waals surface area contributed by atoms with E-state index in [9.17, 15) is 9.59 Å². The SMILES string of the molecule is CC(=O)c1ccnc(N2CCC(CC(N)=O)CC2)c1. The van der Waals surface area contributed by atoms with Gasteiger partial charge in [0, 0.05) is 31.3 Å². The smallest absolute Gasteiger partial charge is 0.217 e. The van der Waals surface area contributed by atoms with Crippen LogP contribution in [0.1, 0.15) is 36.5 Å². The van der Waals surface area contributed by atoms with Gasteiger partial charge in [-0.25, -0.2) is 4.98 Å². The first-order valence-corrected chi connectivity index (χ1v) is 6.56. The predicted octanol–water partition coefficient (Wildman–Crippen LogP) is 1.38. The fraction of sp³-hybridized carbons (Fsp3) is 0.500. The Labute approximate surface area is 112 Å². The van der Waals surface area contributed by atoms with E-state index in [1.54, 1.807) is 19.2 Å². The van der Waals surface area contributed by atoms with Crippen molar-refractivity contribution in [2.24, 2.45) is 11.7 Å². The van der Waals surface area contributed by atoms with Gasteiger partial charge in [-0.2, -0.15) is 0 Å². The number of anilines is 1. The van der Waals surface area contributed by atoms with Gasteiger partial charge in [-0.1, -0.05) is 0 Å². The van der Waals surface area contributed by atoms with Crippen molar-refractivity contribution in [3.05, 3.63) is 23.9 Å². The number of nitrogens with two attached hydrogens (primary N) is 1. The minimum Gasteiger partial charge on any atom is -0.370 e. The van der Waals surface area contributed by atoms with Crippen LogP contribution in [0.4, 0.5) is 5.82 Å². The number of ketones is 1. The second-order valence-electron chi connectivity index (χ2n) is 5.06. The topological polar surface area (TPSA) is 76.3 Å². The van der Waals surface area contributed by atoms with Crippen LogP contribution in [0.15, 0.2) is 18.3 Å². The highest BCUT2D eigenvalue weighted by Crippen LogP contribution is 2.24. The van der Waals surface area contributed by atoms with Gasteiger partial charge in [0.05, 0.1) is 0 Å². The zero-order valence-electron chi connectivity index (χ0n) is 11.1. The lowest BCUT2D eigenvalue weighted by Gasteiger charge is -2.32. The molecule has 0 saturated carbocycles. The van der Waals surface area contributed by atoms with E-state index in [1.807, 2.05) is 6.07 Å². The van der Waals surface area contributed by atoms with Gasteiger partial charge < -0.3 is 10.6 Å². The highest BCUT2D eigenvalue weighted by Gasteiger charge is 2.21. The van der Waals surface area contributed by atoms with Crippen LogP contribution in [0.2, 0.25) is 0 Å². The van der Waals surface area contributed by atoms with E-state index >= 15 is 0 Å². The Balaban J connectivity index is 1.99. The molecule has 0 spiro atoms. The minimum atomic E-state index is -0.227. The van der Waals surface area contributed by atoms with Gasteiger partial charge in [0.15, 0.2) is 5.78 Å². The Morgan fingerprint density at radius 1 is 1.42 bits per heavy atom. The van der Waals surface area contributed by atoms with Crippen molar-refractivity contribution in [1.29, 1.82) is 0 Å². The monoisotopic (exact) mass is 261 g/mol. The Kier molecular flexibility index (Phi) is 4.14. The quantitative estimate of drug-likeness (QED) is 0.831. The van der Waals surface area contributed by atoms with E-state index in [1.165, 1.54) is 0 Å². The number of hydrogen-bond donors (Lipinski definition) is 1. The molecule has 2 heterocycles. The first kappa shape index (κ1) is 13.5. The maximum atomic E-state index is 11.4. The number of amides is 1. The number of rotatable bonds is 4. The van der Waals surface area contributed by atoms with Gasteiger partial charge in [-0.3, -0.25) is 9.59 Å². The average molecular weight is 261 g/mol. The molecule has 5 nitrogen and oxygen atoms in total. The number of Topliss-reactive ketones (excluding diaryl/α,β-unsaturated/α-hetero) is 1. The van der Waals surface area contributed by atoms with Crippen molar-refractivity contribution in [3.63, 3.8) is 0 Å². The summed E-state index contributed by atoms with van der Waals surface area (Å²) in [6, 6.07) is 3.56. The third-order valence-corrected chi connectivity index (χ3v) is 3.58. The maximum Gasteiger partial charge on any atom is 0.217 e. The Bertz CT molecular complexity index is 479. The first-order chi connectivity index (χ1) is 9.06. The molecule has 1 aliphatic rings. The second kappa shape index (κ2) is 5.82. The molecule has 1 saturated heterocycles. The van der Waals surface area contributed by atoms with Crippen molar-refractivity contribution < 1.29 is 9.59 Å². The molecule has 0 atom stereocenters. The number of carbonyl (C=O) groups excluding carboxylic acids is 2. The fourth-order valence-corrected chi connectivity index (χ4v) is 2.46. The summed E-state index contributed by atoms with van der Waals surface area (Å²) in [5.74, 6) is 1.04. The van der Waals surface area contributed by atoms with Crippen LogP contribution in [0.3, 0.4) is 0 Å². The maximum absolute atomic E-state index is 11.4. The molecule has 1 aliphatic heterocycles. The molecule has 19 heavy (non-hydrogen) atoms. The molecule has 0 unspecified atom stereocenters. The molecule has 1 amide bonds. The summed E-state index contributed by atoms with van der Waals surface area (Å²) in [6.07, 6.45) is 4.01. The molecule has 2 rings (SSSR count). The van der Waals surface area contributed by atoms with Gasteiger partial charge in [-0.15, -0.1) is 0 Å². The van der Waals surface area contributed by atoms with Crippen LogP contribution < -0.4 is 10.6 Å². The molecule has 0 aliphatic carbocycles. The van der Waals surface area contributed by atoms with Gasteiger partial charge in [0.1, 0.15) is 5.82 Å². The second-order valence-corrected chi connectivity index (χ2v) is 5.06. The third kappa shape index (κ3) is 3.53. The number of aromatic nitrogens is 1. The van der Waals surface area contributed by atoms with Crippen LogP contribution in [0.5, 0.6) is 0 Å². The summed E-state index contributed by atoms with van der Waals surface area (Å²) in [5.41, 5.74) is 5.90. The fourth-order valence-electron chi connectivity index (χ4n) is 2.46. The molecule has 1 aromatic heterocycles. The van der Waals surface area contributed by atoms with Crippen LogP contribution >= 0.6 is 0 Å². The van der Waals surface area contributed by atoms with Gasteiger partial charge in [0.2, 0.25) is 5.91 Å². The van der Waals surface area contributed by atoms with E-state index in [-0.39, 0.29) is 11.7 Å². The van der Waals surface area contributed by atoms with Gasteiger partial charge in [0.25, 0.3) is 0 Å². The van der Waals surface area contributed by atoms with Crippen LogP contribution in [0.25, 0.3) is 0 Å². The minimum absolute atomic E-state index is 0.0484. The number of carbonyl (C=O) groups is 2. The number of piperidine rings is 1. The standard InChI is InChI=1S/C14H19N3O2/c1-10(18)12-2-5-16-14(9-12)17-6-3-11(4-7-17)8-13(15)19/h2,5,9,11H,3-4,6-8H2,1H3,(H2,15,19). The van der Waals surface area contributed by atoms with E-state index in [2.05, 4.69) is 9.88 Å². The highest BCUT2D eigenvalue weighted by molar-refractivity contribution is 5.94. The highest BCUT2D eigenvalue weighted by atomic mass is 16.1. The summed E-state index contributed by atoms with van der Waals surface area (Å²) in [6.45, 7) is 3.26. The summed E-state index contributed by atoms with van der Waals surface area (Å²) >= 11 is 0. The summed E-state index contributed by atoms with van der Waals surface area (Å²) in [5, 5.41) is 0. The van der Waals surface area contributed by atoms with Gasteiger partial charge in [-0.05, 0) is 37.8 Å². The van der Waals surface area contributed by atoms with E-state index in [4.69, 9.17) is 5.73 Å². The molecule has 0 aromatic carbocycles. The van der Waals surface area contributed by atoms with Crippen molar-refractivity contribution in [3.8, 4) is 0 Å². The number of pyridine rings is 1. The number of nitrogens with zero attached hydrogens (tertiary/aromatic N) is 2. The number of hydrogen-bond acceptors (Lipinski definition) is 4. The van der Waals surface area contributed by atoms with E-state index in [0.717, 1.165) is 31.7 Å². The first-order valence-electron chi connectivity index (χ1n) is 6.56. The van der Waals surface area contributed by atoms with E-state index in [0.29, 0.717) is 17.9 Å². The number of primary amides is 1. The normalized spacial score (nSPS) is 16.4. The third-order valence-electron chi connectivity index (χ3n) is 3.58. The molecular formula is C14H19N3O2. The molecule has 0 radical (unpaired) electrons. The largest absolute Gasteiger partial charge is 0.370 e. The van der Waals surface area contributed by atoms with Crippen molar-refractivity contribution >= 4 is 17.5 Å². The average Bonchev–Trinajstić information content (AvgIpc) is 2.39. The van der Waals surface area contributed by atoms with Crippen LogP contribution in [-0.4, -0.2) is 29.8 Å². The van der Waals surface area contributed by atoms with Gasteiger partial charge >= 0.3 is 0 Å². The zero-order chi connectivity index (χ0) is 13.8. The molecule has 0 bridgehead atoms. The Morgan fingerprint density at radius 2 is 2.11 bits per heavy atom. The lowest BCUT2D eigenvalue weighted by Crippen LogP contribution is -2.35. The van der Waals surface area contributed by atoms with Crippen molar-refractivity contribution in [2.45, 2.75) is 26.2 Å². The molecule has 5 heteroatoms. The molecule has 1 fully saturated rings. The van der Waals surface area contributed by atoms with E-state index < -0.39 is 0 Å². The van der Waals surface area contributed by atoms with Crippen molar-refractivity contribution in [1.82, 2.24) is 4.98 Å². The van der Waals surface area contributed by atoms with Crippen LogP contribution in [-0.2, 0) is 4.79 Å². The molecule has 2 N–H and O–H groups in total. The Morgan fingerprint density at radius 3 is 2.68 bits per heavy atom. The lowest BCUT2D eigenvalue weighted by atomic mass is 9.93. The molecule has 102 valence electrons. The zero-order valence-corrected chi connectivity index (χ0v) is 11.1. The molecule has 1 aromatic rings. The molecular weight excluding hydrogens is 242 g/mol. The lowest BCUT2D eigenvalue weighted by molar-refractivity contribution is -0.119. The summed E-state index contributed by atoms with van der Waals surface area (Å²) in [4.78, 5) is 28.7.